The molecule has 0 spiro atoms. The zero-order valence-electron chi connectivity index (χ0n) is 12.4. The Morgan fingerprint density at radius 3 is 2.57 bits per heavy atom. The maximum absolute atomic E-state index is 12.2. The molecule has 0 aliphatic heterocycles. The van der Waals surface area contributed by atoms with E-state index in [1.165, 1.54) is 5.56 Å². The molecule has 0 aliphatic carbocycles. The van der Waals surface area contributed by atoms with Crippen molar-refractivity contribution >= 4 is 17.5 Å². The lowest BCUT2D eigenvalue weighted by atomic mass is 10.1. The molecule has 0 unspecified atom stereocenters. The van der Waals surface area contributed by atoms with Crippen LogP contribution in [0, 0.1) is 0 Å². The Bertz CT molecular complexity index is 595. The lowest BCUT2D eigenvalue weighted by molar-refractivity contribution is 0.102. The van der Waals surface area contributed by atoms with Crippen molar-refractivity contribution in [2.75, 3.05) is 17.2 Å². The van der Waals surface area contributed by atoms with Gasteiger partial charge >= 0.3 is 0 Å². The second kappa shape index (κ2) is 7.38. The number of nitrogens with zero attached hydrogens (tertiary/aromatic N) is 2. The molecule has 1 aromatic carbocycles. The Morgan fingerprint density at radius 2 is 1.90 bits per heavy atom. The number of amides is 1. The van der Waals surface area contributed by atoms with Gasteiger partial charge in [0, 0.05) is 18.4 Å². The average Bonchev–Trinajstić information content (AvgIpc) is 2.54. The smallest absolute Gasteiger partial charge is 0.274 e. The highest BCUT2D eigenvalue weighted by atomic mass is 16.1. The molecule has 0 fully saturated rings. The summed E-state index contributed by atoms with van der Waals surface area (Å²) in [6.07, 6.45) is 3.54. The van der Waals surface area contributed by atoms with Gasteiger partial charge in [-0.1, -0.05) is 26.0 Å². The summed E-state index contributed by atoms with van der Waals surface area (Å²) in [5, 5.41) is 5.90. The third kappa shape index (κ3) is 4.27. The van der Waals surface area contributed by atoms with E-state index in [1.54, 1.807) is 12.3 Å². The molecule has 5 nitrogen and oxygen atoms in total. The molecule has 0 radical (unpaired) electrons. The van der Waals surface area contributed by atoms with Gasteiger partial charge in [0.2, 0.25) is 5.95 Å². The molecular formula is C16H20N4O. The highest BCUT2D eigenvalue weighted by Crippen LogP contribution is 2.11. The van der Waals surface area contributed by atoms with Crippen LogP contribution >= 0.6 is 0 Å². The van der Waals surface area contributed by atoms with Gasteiger partial charge in [0.15, 0.2) is 0 Å². The van der Waals surface area contributed by atoms with Gasteiger partial charge in [-0.15, -0.1) is 0 Å². The summed E-state index contributed by atoms with van der Waals surface area (Å²) in [5.74, 6) is 0.243. The van der Waals surface area contributed by atoms with E-state index in [1.807, 2.05) is 24.3 Å². The first kappa shape index (κ1) is 15.0. The Labute approximate surface area is 124 Å². The fourth-order valence-corrected chi connectivity index (χ4v) is 1.83. The number of aromatic nitrogens is 2. The SMILES string of the molecule is CCCNc1nccc(C(=O)Nc2ccc(CC)cc2)n1. The van der Waals surface area contributed by atoms with Crippen molar-refractivity contribution in [3.63, 3.8) is 0 Å². The molecule has 2 aromatic rings. The molecule has 0 saturated carbocycles. The van der Waals surface area contributed by atoms with Crippen molar-refractivity contribution in [2.45, 2.75) is 26.7 Å². The minimum Gasteiger partial charge on any atom is -0.354 e. The molecule has 0 bridgehead atoms. The van der Waals surface area contributed by atoms with Crippen LogP contribution in [0.15, 0.2) is 36.5 Å². The summed E-state index contributed by atoms with van der Waals surface area (Å²) >= 11 is 0. The van der Waals surface area contributed by atoms with E-state index in [0.29, 0.717) is 11.6 Å². The van der Waals surface area contributed by atoms with E-state index < -0.39 is 0 Å². The lowest BCUT2D eigenvalue weighted by Crippen LogP contribution is -2.15. The first-order valence-electron chi connectivity index (χ1n) is 7.20. The topological polar surface area (TPSA) is 66.9 Å². The zero-order chi connectivity index (χ0) is 15.1. The molecule has 5 heteroatoms. The van der Waals surface area contributed by atoms with Gasteiger partial charge in [-0.3, -0.25) is 4.79 Å². The third-order valence-electron chi connectivity index (χ3n) is 3.04. The quantitative estimate of drug-likeness (QED) is 0.855. The van der Waals surface area contributed by atoms with Crippen LogP contribution in [0.1, 0.15) is 36.3 Å². The molecule has 2 rings (SSSR count). The fourth-order valence-electron chi connectivity index (χ4n) is 1.83. The van der Waals surface area contributed by atoms with Crippen LogP contribution in [-0.2, 0) is 6.42 Å². The second-order valence-corrected chi connectivity index (χ2v) is 4.70. The minimum absolute atomic E-state index is 0.235. The van der Waals surface area contributed by atoms with E-state index in [4.69, 9.17) is 0 Å². The summed E-state index contributed by atoms with van der Waals surface area (Å²) in [5.41, 5.74) is 2.35. The van der Waals surface area contributed by atoms with Crippen molar-refractivity contribution in [2.24, 2.45) is 0 Å². The van der Waals surface area contributed by atoms with E-state index in [2.05, 4.69) is 34.4 Å². The van der Waals surface area contributed by atoms with E-state index in [-0.39, 0.29) is 5.91 Å². The van der Waals surface area contributed by atoms with Gasteiger partial charge in [-0.05, 0) is 36.6 Å². The number of hydrogen-bond donors (Lipinski definition) is 2. The van der Waals surface area contributed by atoms with E-state index >= 15 is 0 Å². The minimum atomic E-state index is -0.235. The van der Waals surface area contributed by atoms with Crippen molar-refractivity contribution < 1.29 is 4.79 Å². The first-order valence-corrected chi connectivity index (χ1v) is 7.20. The summed E-state index contributed by atoms with van der Waals surface area (Å²) < 4.78 is 0. The number of benzene rings is 1. The standard InChI is InChI=1S/C16H20N4O/c1-3-10-17-16-18-11-9-14(20-16)15(21)19-13-7-5-12(4-2)6-8-13/h5-9,11H,3-4,10H2,1-2H3,(H,19,21)(H,17,18,20). The number of carbonyl (C=O) groups excluding carboxylic acids is 1. The van der Waals surface area contributed by atoms with Gasteiger partial charge in [-0.25, -0.2) is 9.97 Å². The molecule has 1 heterocycles. The Kier molecular flexibility index (Phi) is 5.26. The number of anilines is 2. The van der Waals surface area contributed by atoms with Crippen LogP contribution in [0.5, 0.6) is 0 Å². The summed E-state index contributed by atoms with van der Waals surface area (Å²) in [6, 6.07) is 9.41. The molecular weight excluding hydrogens is 264 g/mol. The van der Waals surface area contributed by atoms with Crippen LogP contribution in [0.25, 0.3) is 0 Å². The second-order valence-electron chi connectivity index (χ2n) is 4.70. The molecule has 21 heavy (non-hydrogen) atoms. The Balaban J connectivity index is 2.05. The summed E-state index contributed by atoms with van der Waals surface area (Å²) in [4.78, 5) is 20.5. The van der Waals surface area contributed by atoms with Gasteiger partial charge in [0.25, 0.3) is 5.91 Å². The molecule has 0 saturated heterocycles. The van der Waals surface area contributed by atoms with E-state index in [0.717, 1.165) is 25.1 Å². The molecule has 2 N–H and O–H groups in total. The fraction of sp³-hybridized carbons (Fsp3) is 0.312. The molecule has 110 valence electrons. The van der Waals surface area contributed by atoms with E-state index in [9.17, 15) is 4.79 Å². The normalized spacial score (nSPS) is 10.2. The first-order chi connectivity index (χ1) is 10.2. The van der Waals surface area contributed by atoms with Gasteiger partial charge < -0.3 is 10.6 Å². The molecule has 0 aliphatic rings. The van der Waals surface area contributed by atoms with Gasteiger partial charge in [-0.2, -0.15) is 0 Å². The molecule has 1 aromatic heterocycles. The third-order valence-corrected chi connectivity index (χ3v) is 3.04. The molecule has 1 amide bonds. The maximum atomic E-state index is 12.2. The number of hydrogen-bond acceptors (Lipinski definition) is 4. The van der Waals surface area contributed by atoms with Crippen molar-refractivity contribution in [1.82, 2.24) is 9.97 Å². The number of rotatable bonds is 6. The van der Waals surface area contributed by atoms with Crippen LogP contribution in [0.3, 0.4) is 0 Å². The summed E-state index contributed by atoms with van der Waals surface area (Å²) in [6.45, 7) is 4.94. The number of aryl methyl sites for hydroxylation is 1. The van der Waals surface area contributed by atoms with Gasteiger partial charge in [0.1, 0.15) is 5.69 Å². The van der Waals surface area contributed by atoms with Crippen LogP contribution < -0.4 is 10.6 Å². The zero-order valence-corrected chi connectivity index (χ0v) is 12.4. The average molecular weight is 284 g/mol. The Morgan fingerprint density at radius 1 is 1.14 bits per heavy atom. The van der Waals surface area contributed by atoms with Crippen LogP contribution in [-0.4, -0.2) is 22.4 Å². The Hall–Kier alpha value is -2.43. The number of nitrogens with one attached hydrogen (secondary N) is 2. The van der Waals surface area contributed by atoms with Crippen molar-refractivity contribution in [3.05, 3.63) is 47.8 Å². The van der Waals surface area contributed by atoms with Crippen molar-refractivity contribution in [3.8, 4) is 0 Å². The van der Waals surface area contributed by atoms with Crippen LogP contribution in [0.4, 0.5) is 11.6 Å². The highest BCUT2D eigenvalue weighted by Gasteiger charge is 2.09. The van der Waals surface area contributed by atoms with Crippen molar-refractivity contribution in [1.29, 1.82) is 0 Å². The molecule has 0 atom stereocenters. The summed E-state index contributed by atoms with van der Waals surface area (Å²) in [7, 11) is 0. The predicted molar refractivity (Wildman–Crippen MR) is 84.6 cm³/mol. The number of carbonyl (C=O) groups is 1. The largest absolute Gasteiger partial charge is 0.354 e. The lowest BCUT2D eigenvalue weighted by Gasteiger charge is -2.07. The van der Waals surface area contributed by atoms with Gasteiger partial charge in [0.05, 0.1) is 0 Å². The predicted octanol–water partition coefficient (Wildman–Crippen LogP) is 3.11. The monoisotopic (exact) mass is 284 g/mol. The van der Waals surface area contributed by atoms with Crippen LogP contribution in [0.2, 0.25) is 0 Å². The maximum Gasteiger partial charge on any atom is 0.274 e. The highest BCUT2D eigenvalue weighted by molar-refractivity contribution is 6.02.